The van der Waals surface area contributed by atoms with Crippen LogP contribution < -0.4 is 0 Å². The number of carbonyl (C=O) groups excluding carboxylic acids is 1. The largest absolute Gasteiger partial charge is 0.456 e. The normalized spacial score (nSPS) is 11.0. The number of ether oxygens (including phenoxy) is 1. The molecule has 0 spiro atoms. The Labute approximate surface area is 303 Å². The summed E-state index contributed by atoms with van der Waals surface area (Å²) < 4.78 is 6.08. The maximum Gasteiger partial charge on any atom is 0.339 e. The van der Waals surface area contributed by atoms with Crippen molar-refractivity contribution < 1.29 is 9.53 Å². The number of rotatable bonds is 7. The van der Waals surface area contributed by atoms with E-state index >= 15 is 0 Å². The molecule has 3 radical (unpaired) electrons. The molecule has 7 aromatic rings. The van der Waals surface area contributed by atoms with Crippen molar-refractivity contribution in [1.29, 1.82) is 0 Å². The maximum atomic E-state index is 14.2. The zero-order chi connectivity index (χ0) is 33.8. The van der Waals surface area contributed by atoms with Crippen LogP contribution in [0, 0.1) is 0 Å². The van der Waals surface area contributed by atoms with Crippen molar-refractivity contribution in [3.63, 3.8) is 0 Å². The van der Waals surface area contributed by atoms with Crippen molar-refractivity contribution in [3.8, 4) is 66.8 Å². The number of pyridine rings is 3. The van der Waals surface area contributed by atoms with Crippen molar-refractivity contribution in [1.82, 2.24) is 15.0 Å². The average molecular weight is 665 g/mol. The van der Waals surface area contributed by atoms with Gasteiger partial charge in [0.05, 0.1) is 5.56 Å². The summed E-state index contributed by atoms with van der Waals surface area (Å²) in [6, 6.07) is 41.1. The summed E-state index contributed by atoms with van der Waals surface area (Å²) in [6.45, 7) is 5.69. The molecule has 0 saturated heterocycles. The third kappa shape index (κ3) is 7.63. The van der Waals surface area contributed by atoms with Gasteiger partial charge in [0.15, 0.2) is 0 Å². The molecule has 0 saturated carbocycles. The lowest BCUT2D eigenvalue weighted by atomic mass is 9.86. The van der Waals surface area contributed by atoms with Crippen LogP contribution in [-0.4, -0.2) is 43.9 Å². The molecule has 4 aromatic carbocycles. The number of nitrogens with zero attached hydrogens (tertiary/aromatic N) is 3. The average Bonchev–Trinajstić information content (AvgIpc) is 3.15. The number of hydrogen-bond acceptors (Lipinski definition) is 5. The predicted octanol–water partition coefficient (Wildman–Crippen LogP) is 10.4. The highest BCUT2D eigenvalue weighted by molar-refractivity contribution is 6.06. The second-order valence-electron chi connectivity index (χ2n) is 12.9. The van der Waals surface area contributed by atoms with Crippen molar-refractivity contribution in [2.45, 2.75) is 26.4 Å². The summed E-state index contributed by atoms with van der Waals surface area (Å²) in [5.74, 6) is -0.372. The van der Waals surface area contributed by atoms with Crippen LogP contribution in [0.4, 0.5) is 0 Å². The third-order valence-corrected chi connectivity index (χ3v) is 8.34. The van der Waals surface area contributed by atoms with Gasteiger partial charge >= 0.3 is 5.97 Å². The number of hydrogen-bond donors (Lipinski definition) is 0. The molecule has 0 bridgehead atoms. The first-order chi connectivity index (χ1) is 23.8. The summed E-state index contributed by atoms with van der Waals surface area (Å²) in [6.07, 6.45) is 10.9. The van der Waals surface area contributed by atoms with E-state index in [0.717, 1.165) is 66.8 Å². The Morgan fingerprint density at radius 2 is 0.780 bits per heavy atom. The number of aromatic nitrogens is 3. The first-order valence-electron chi connectivity index (χ1n) is 16.3. The van der Waals surface area contributed by atoms with Gasteiger partial charge in [0.1, 0.15) is 5.60 Å². The lowest BCUT2D eigenvalue weighted by molar-refractivity contribution is 0.00713. The minimum Gasteiger partial charge on any atom is -0.456 e. The van der Waals surface area contributed by atoms with Crippen LogP contribution in [0.3, 0.4) is 0 Å². The summed E-state index contributed by atoms with van der Waals surface area (Å²) in [5.41, 5.74) is 11.6. The van der Waals surface area contributed by atoms with E-state index in [0.29, 0.717) is 5.56 Å². The Hall–Kier alpha value is -5.67. The molecule has 7 rings (SSSR count). The predicted molar refractivity (Wildman–Crippen MR) is 203 cm³/mol. The summed E-state index contributed by atoms with van der Waals surface area (Å²) in [7, 11) is 0. The van der Waals surface area contributed by atoms with Gasteiger partial charge < -0.3 is 4.74 Å². The van der Waals surface area contributed by atoms with Crippen LogP contribution >= 0.6 is 0 Å². The zero-order valence-corrected chi connectivity index (χ0v) is 29.4. The van der Waals surface area contributed by atoms with Gasteiger partial charge in [0, 0.05) is 54.5 Å². The van der Waals surface area contributed by atoms with Gasteiger partial charge in [-0.15, -0.1) is 0 Å². The summed E-state index contributed by atoms with van der Waals surface area (Å²) in [5, 5.41) is 0. The molecule has 0 fully saturated rings. The number of carbonyl (C=O) groups is 1. The SMILES string of the molecule is CC(C)(C)OC(=O)c1c(-c2ccc(-c3cccnc3)cc2)cc(-c2ccc(-c3cccnc3)cc2)cc1-c1ccc(-c2cccnc2)cc1.[Al]. The van der Waals surface area contributed by atoms with Crippen LogP contribution in [0.1, 0.15) is 31.1 Å². The van der Waals surface area contributed by atoms with Crippen molar-refractivity contribution in [2.75, 3.05) is 0 Å². The molecule has 5 nitrogen and oxygen atoms in total. The molecule has 3 heterocycles. The van der Waals surface area contributed by atoms with Gasteiger partial charge in [0.25, 0.3) is 0 Å². The highest BCUT2D eigenvalue weighted by atomic mass is 27.0. The monoisotopic (exact) mass is 664 g/mol. The molecule has 241 valence electrons. The van der Waals surface area contributed by atoms with Gasteiger partial charge in [-0.1, -0.05) is 91.0 Å². The van der Waals surface area contributed by atoms with Crippen molar-refractivity contribution >= 4 is 23.3 Å². The molecule has 0 amide bonds. The highest BCUT2D eigenvalue weighted by Crippen LogP contribution is 2.40. The molecule has 6 heteroatoms. The van der Waals surface area contributed by atoms with E-state index in [1.807, 2.05) is 69.7 Å². The van der Waals surface area contributed by atoms with Gasteiger partial charge in [-0.2, -0.15) is 0 Å². The fraction of sp³-hybridized carbons (Fsp3) is 0.0909. The number of esters is 1. The Bertz CT molecular complexity index is 2090. The smallest absolute Gasteiger partial charge is 0.339 e. The van der Waals surface area contributed by atoms with Crippen LogP contribution in [0.25, 0.3) is 66.8 Å². The van der Waals surface area contributed by atoms with Crippen LogP contribution in [-0.2, 0) is 4.74 Å². The number of benzene rings is 4. The molecule has 0 aliphatic rings. The third-order valence-electron chi connectivity index (χ3n) is 8.34. The fourth-order valence-corrected chi connectivity index (χ4v) is 5.95. The van der Waals surface area contributed by atoms with Crippen LogP contribution in [0.2, 0.25) is 0 Å². The maximum absolute atomic E-state index is 14.2. The van der Waals surface area contributed by atoms with Crippen LogP contribution in [0.5, 0.6) is 0 Å². The van der Waals surface area contributed by atoms with E-state index in [4.69, 9.17) is 4.74 Å². The Kier molecular flexibility index (Phi) is 10.2. The standard InChI is InChI=1S/C44H35N3O2.Al/c1-44(2,3)49-43(48)42-40(34-18-14-31(15-19-34)37-8-5-23-46-28-37)25-39(33-12-10-30(11-13-33)36-7-4-22-45-27-36)26-41(42)35-20-16-32(17-21-35)38-9-6-24-47-29-38;/h4-29H,1-3H3;. The van der Waals surface area contributed by atoms with Crippen molar-refractivity contribution in [2.24, 2.45) is 0 Å². The molecule has 0 atom stereocenters. The fourth-order valence-electron chi connectivity index (χ4n) is 5.95. The molecule has 0 aliphatic heterocycles. The van der Waals surface area contributed by atoms with Gasteiger partial charge in [-0.25, -0.2) is 4.79 Å². The topological polar surface area (TPSA) is 65.0 Å². The molecular formula is C44H35AlN3O2. The second kappa shape index (κ2) is 14.8. The Morgan fingerprint density at radius 1 is 0.460 bits per heavy atom. The van der Waals surface area contributed by atoms with E-state index in [-0.39, 0.29) is 23.3 Å². The van der Waals surface area contributed by atoms with Crippen LogP contribution in [0.15, 0.2) is 159 Å². The van der Waals surface area contributed by atoms with Gasteiger partial charge in [-0.05, 0) is 118 Å². The Morgan fingerprint density at radius 3 is 1.08 bits per heavy atom. The molecule has 0 unspecified atom stereocenters. The molecule has 0 N–H and O–H groups in total. The van der Waals surface area contributed by atoms with Gasteiger partial charge in [0.2, 0.25) is 0 Å². The van der Waals surface area contributed by atoms with E-state index in [1.54, 1.807) is 18.6 Å². The molecule has 3 aromatic heterocycles. The lowest BCUT2D eigenvalue weighted by Crippen LogP contribution is -2.24. The minimum atomic E-state index is -0.680. The molecular weight excluding hydrogens is 629 g/mol. The van der Waals surface area contributed by atoms with E-state index in [9.17, 15) is 4.79 Å². The summed E-state index contributed by atoms with van der Waals surface area (Å²) in [4.78, 5) is 27.1. The van der Waals surface area contributed by atoms with E-state index in [2.05, 4.69) is 106 Å². The van der Waals surface area contributed by atoms with E-state index < -0.39 is 5.60 Å². The summed E-state index contributed by atoms with van der Waals surface area (Å²) >= 11 is 0. The quantitative estimate of drug-likeness (QED) is 0.125. The van der Waals surface area contributed by atoms with E-state index in [1.165, 1.54) is 0 Å². The second-order valence-corrected chi connectivity index (χ2v) is 12.9. The first-order valence-corrected chi connectivity index (χ1v) is 16.3. The molecule has 0 aliphatic carbocycles. The van der Waals surface area contributed by atoms with Gasteiger partial charge in [-0.3, -0.25) is 15.0 Å². The minimum absolute atomic E-state index is 0. The van der Waals surface area contributed by atoms with Crippen molar-refractivity contribution in [3.05, 3.63) is 164 Å². The zero-order valence-electron chi connectivity index (χ0n) is 28.2. The Balaban J connectivity index is 0.00000432. The highest BCUT2D eigenvalue weighted by Gasteiger charge is 2.26. The lowest BCUT2D eigenvalue weighted by Gasteiger charge is -2.23. The molecule has 50 heavy (non-hydrogen) atoms. The first kappa shape index (κ1) is 34.2.